The van der Waals surface area contributed by atoms with E-state index in [1.54, 1.807) is 31.2 Å². The zero-order valence-corrected chi connectivity index (χ0v) is 19.4. The molecule has 180 valence electrons. The van der Waals surface area contributed by atoms with E-state index < -0.39 is 59.9 Å². The molecular weight excluding hydrogens is 476 g/mol. The van der Waals surface area contributed by atoms with Crippen molar-refractivity contribution >= 4 is 18.0 Å². The van der Waals surface area contributed by atoms with Gasteiger partial charge in [-0.05, 0) is 19.1 Å². The minimum absolute atomic E-state index is 0.0300. The molecule has 0 spiro atoms. The predicted molar refractivity (Wildman–Crippen MR) is 114 cm³/mol. The Morgan fingerprint density at radius 1 is 0.970 bits per heavy atom. The van der Waals surface area contributed by atoms with E-state index in [0.717, 1.165) is 17.7 Å². The van der Waals surface area contributed by atoms with Gasteiger partial charge in [-0.3, -0.25) is 0 Å². The predicted octanol–water partition coefficient (Wildman–Crippen LogP) is 1.25. The minimum atomic E-state index is -5.24. The van der Waals surface area contributed by atoms with Gasteiger partial charge in [0.05, 0.1) is 11.5 Å². The number of benzene rings is 2. The highest BCUT2D eigenvalue weighted by molar-refractivity contribution is 8.65. The highest BCUT2D eigenvalue weighted by Gasteiger charge is 2.53. The Morgan fingerprint density at radius 3 is 2.27 bits per heavy atom. The van der Waals surface area contributed by atoms with E-state index in [9.17, 15) is 21.9 Å². The summed E-state index contributed by atoms with van der Waals surface area (Å²) in [5.41, 5.74) is 1.43. The van der Waals surface area contributed by atoms with Crippen molar-refractivity contribution in [3.8, 4) is 0 Å². The van der Waals surface area contributed by atoms with Gasteiger partial charge in [0, 0.05) is 12.7 Å². The first-order valence-corrected chi connectivity index (χ1v) is 13.5. The molecule has 2 heterocycles. The molecular formula is C21H24O10S2. The second-order valence-corrected chi connectivity index (χ2v) is 12.6. The Kier molecular flexibility index (Phi) is 6.90. The Balaban J connectivity index is 1.58. The van der Waals surface area contributed by atoms with E-state index in [1.807, 2.05) is 6.07 Å². The van der Waals surface area contributed by atoms with Crippen LogP contribution in [-0.4, -0.2) is 66.4 Å². The van der Waals surface area contributed by atoms with Crippen molar-refractivity contribution in [1.82, 2.24) is 0 Å². The summed E-state index contributed by atoms with van der Waals surface area (Å²) in [6.45, 7) is 1.76. The molecule has 4 rings (SSSR count). The molecule has 0 radical (unpaired) electrons. The first-order valence-electron chi connectivity index (χ1n) is 10.1. The summed E-state index contributed by atoms with van der Waals surface area (Å²) in [7, 11) is -8.96. The standard InChI is InChI=1S/C21H24O10S2/c1-13-8-10-15(11-9-13)32(23,24)33(25,26)31-19-17(22)18-16(29-21(19)27-2)12-28-20(30-18)14-6-4-3-5-7-14/h3-11,16-22H,12H2,1-2H3/t16-,17+,18-,19-,20?,21+/m1/s1. The average Bonchev–Trinajstić information content (AvgIpc) is 2.81. The van der Waals surface area contributed by atoms with E-state index in [1.165, 1.54) is 19.2 Å². The van der Waals surface area contributed by atoms with Crippen LogP contribution in [0.4, 0.5) is 0 Å². The summed E-state index contributed by atoms with van der Waals surface area (Å²) in [6, 6.07) is 14.2. The largest absolute Gasteiger partial charge is 0.387 e. The fourth-order valence-electron chi connectivity index (χ4n) is 3.65. The third-order valence-corrected chi connectivity index (χ3v) is 9.69. The lowest BCUT2D eigenvalue weighted by Crippen LogP contribution is -2.63. The zero-order valence-electron chi connectivity index (χ0n) is 17.8. The second kappa shape index (κ2) is 9.39. The molecule has 10 nitrogen and oxygen atoms in total. The molecule has 0 saturated carbocycles. The number of ether oxygens (including phenoxy) is 4. The number of fused-ring (bicyclic) bond motifs is 1. The molecule has 1 unspecified atom stereocenters. The van der Waals surface area contributed by atoms with Crippen molar-refractivity contribution in [2.75, 3.05) is 13.7 Å². The van der Waals surface area contributed by atoms with E-state index in [-0.39, 0.29) is 6.61 Å². The number of hydrogen-bond donors (Lipinski definition) is 1. The minimum Gasteiger partial charge on any atom is -0.387 e. The van der Waals surface area contributed by atoms with Crippen LogP contribution >= 0.6 is 0 Å². The Bertz CT molecular complexity index is 1170. The third kappa shape index (κ3) is 4.70. The monoisotopic (exact) mass is 500 g/mol. The quantitative estimate of drug-likeness (QED) is 0.577. The highest BCUT2D eigenvalue weighted by atomic mass is 33.2. The molecule has 2 aromatic rings. The summed E-state index contributed by atoms with van der Waals surface area (Å²) in [5, 5.41) is 10.9. The molecule has 0 aliphatic carbocycles. The van der Waals surface area contributed by atoms with Gasteiger partial charge in [0.1, 0.15) is 18.3 Å². The summed E-state index contributed by atoms with van der Waals surface area (Å²) in [5.74, 6) is 0. The number of methoxy groups -OCH3 is 1. The number of hydrogen-bond acceptors (Lipinski definition) is 10. The van der Waals surface area contributed by atoms with Crippen LogP contribution in [0.3, 0.4) is 0 Å². The molecule has 33 heavy (non-hydrogen) atoms. The maximum atomic E-state index is 12.8. The van der Waals surface area contributed by atoms with E-state index >= 15 is 0 Å². The van der Waals surface area contributed by atoms with Crippen LogP contribution < -0.4 is 0 Å². The van der Waals surface area contributed by atoms with Gasteiger partial charge >= 0.3 is 18.0 Å². The first kappa shape index (κ1) is 24.2. The first-order chi connectivity index (χ1) is 15.6. The Morgan fingerprint density at radius 2 is 1.64 bits per heavy atom. The molecule has 6 atom stereocenters. The third-order valence-electron chi connectivity index (χ3n) is 5.42. The molecule has 2 aliphatic rings. The van der Waals surface area contributed by atoms with Crippen LogP contribution in [-0.2, 0) is 41.1 Å². The van der Waals surface area contributed by atoms with Crippen molar-refractivity contribution in [2.24, 2.45) is 0 Å². The normalized spacial score (nSPS) is 30.5. The Hall–Kier alpha value is -1.90. The Labute approximate surface area is 191 Å². The number of aliphatic hydroxyl groups is 1. The summed E-state index contributed by atoms with van der Waals surface area (Å²) in [4.78, 5) is -0.461. The van der Waals surface area contributed by atoms with Crippen molar-refractivity contribution in [2.45, 2.75) is 48.8 Å². The van der Waals surface area contributed by atoms with Crippen molar-refractivity contribution in [3.05, 3.63) is 65.7 Å². The van der Waals surface area contributed by atoms with Gasteiger partial charge in [-0.15, -0.1) is 0 Å². The van der Waals surface area contributed by atoms with Gasteiger partial charge in [-0.2, -0.15) is 8.42 Å². The maximum Gasteiger partial charge on any atom is 0.380 e. The molecule has 0 amide bonds. The molecule has 2 aromatic carbocycles. The lowest BCUT2D eigenvalue weighted by molar-refractivity contribution is -0.354. The lowest BCUT2D eigenvalue weighted by Gasteiger charge is -2.46. The van der Waals surface area contributed by atoms with Gasteiger partial charge in [0.25, 0.3) is 0 Å². The second-order valence-electron chi connectivity index (χ2n) is 7.68. The zero-order chi connectivity index (χ0) is 23.8. The van der Waals surface area contributed by atoms with Crippen LogP contribution in [0.5, 0.6) is 0 Å². The molecule has 0 bridgehead atoms. The van der Waals surface area contributed by atoms with Crippen LogP contribution in [0.1, 0.15) is 17.4 Å². The number of rotatable bonds is 6. The van der Waals surface area contributed by atoms with Gasteiger partial charge in [0.15, 0.2) is 18.7 Å². The van der Waals surface area contributed by atoms with E-state index in [2.05, 4.69) is 0 Å². The average molecular weight is 501 g/mol. The fraction of sp³-hybridized carbons (Fsp3) is 0.429. The van der Waals surface area contributed by atoms with Crippen LogP contribution in [0.2, 0.25) is 0 Å². The fourth-order valence-corrected chi connectivity index (χ4v) is 6.56. The van der Waals surface area contributed by atoms with E-state index in [4.69, 9.17) is 23.1 Å². The van der Waals surface area contributed by atoms with Crippen molar-refractivity contribution < 1.29 is 45.1 Å². The maximum absolute atomic E-state index is 12.8. The molecule has 12 heteroatoms. The SMILES string of the molecule is CO[C@H]1O[C@@H]2COC(c3ccccc3)O[C@H]2[C@H](O)[C@H]1OS(=O)(=O)S(=O)(=O)c1ccc(C)cc1. The molecule has 1 N–H and O–H groups in total. The van der Waals surface area contributed by atoms with Crippen LogP contribution in [0.25, 0.3) is 0 Å². The summed E-state index contributed by atoms with van der Waals surface area (Å²) >= 11 is 0. The topological polar surface area (TPSA) is 135 Å². The summed E-state index contributed by atoms with van der Waals surface area (Å²) < 4.78 is 78.3. The molecule has 2 aliphatic heterocycles. The van der Waals surface area contributed by atoms with Crippen LogP contribution in [0.15, 0.2) is 59.5 Å². The van der Waals surface area contributed by atoms with Gasteiger partial charge in [-0.25, -0.2) is 12.6 Å². The molecule has 2 saturated heterocycles. The number of aryl methyl sites for hydroxylation is 1. The van der Waals surface area contributed by atoms with Gasteiger partial charge in [0.2, 0.25) is 0 Å². The highest BCUT2D eigenvalue weighted by Crippen LogP contribution is 2.36. The number of aliphatic hydroxyl groups excluding tert-OH is 1. The van der Waals surface area contributed by atoms with Crippen molar-refractivity contribution in [3.63, 3.8) is 0 Å². The van der Waals surface area contributed by atoms with Crippen molar-refractivity contribution in [1.29, 1.82) is 0 Å². The summed E-state index contributed by atoms with van der Waals surface area (Å²) in [6.07, 6.45) is -7.36. The van der Waals surface area contributed by atoms with Gasteiger partial charge < -0.3 is 24.1 Å². The van der Waals surface area contributed by atoms with E-state index in [0.29, 0.717) is 5.56 Å². The van der Waals surface area contributed by atoms with Crippen LogP contribution in [0, 0.1) is 6.92 Å². The van der Waals surface area contributed by atoms with Gasteiger partial charge in [-0.1, -0.05) is 48.0 Å². The smallest absolute Gasteiger partial charge is 0.380 e. The molecule has 2 fully saturated rings. The lowest BCUT2D eigenvalue weighted by atomic mass is 9.98. The molecule has 0 aromatic heterocycles.